The quantitative estimate of drug-likeness (QED) is 0.723. The summed E-state index contributed by atoms with van der Waals surface area (Å²) in [4.78, 5) is 4.13. The molecule has 0 spiro atoms. The second kappa shape index (κ2) is 4.48. The van der Waals surface area contributed by atoms with Crippen LogP contribution >= 0.6 is 11.8 Å². The Bertz CT molecular complexity index is 278. The van der Waals surface area contributed by atoms with Crippen LogP contribution in [0.2, 0.25) is 0 Å². The number of nitrogen functional groups attached to an aromatic ring is 1. The van der Waals surface area contributed by atoms with Crippen molar-refractivity contribution in [2.75, 3.05) is 5.73 Å². The number of rotatable bonds is 3. The largest absolute Gasteiger partial charge is 0.399 e. The molecule has 4 heteroatoms. The van der Waals surface area contributed by atoms with Crippen LogP contribution in [0.25, 0.3) is 0 Å². The molecule has 0 bridgehead atoms. The van der Waals surface area contributed by atoms with Crippen LogP contribution in [-0.2, 0) is 0 Å². The number of nitrogens with zero attached hydrogens (tertiary/aromatic N) is 1. The van der Waals surface area contributed by atoms with Crippen molar-refractivity contribution in [2.24, 2.45) is 0 Å². The van der Waals surface area contributed by atoms with E-state index in [0.29, 0.717) is 5.69 Å². The highest BCUT2D eigenvalue weighted by atomic mass is 32.2. The van der Waals surface area contributed by atoms with Crippen molar-refractivity contribution in [3.05, 3.63) is 18.3 Å². The molecular weight excluding hydrogens is 184 g/mol. The number of aromatic nitrogens is 1. The molecule has 0 aliphatic heterocycles. The predicted molar refractivity (Wildman–Crippen MR) is 55.6 cm³/mol. The molecule has 0 saturated heterocycles. The number of pyridine rings is 1. The van der Waals surface area contributed by atoms with Crippen molar-refractivity contribution < 1.29 is 5.11 Å². The summed E-state index contributed by atoms with van der Waals surface area (Å²) in [5.74, 6) is 0. The zero-order valence-electron chi connectivity index (χ0n) is 7.77. The Morgan fingerprint density at radius 1 is 1.54 bits per heavy atom. The molecule has 0 aliphatic rings. The van der Waals surface area contributed by atoms with Crippen LogP contribution in [-0.4, -0.2) is 21.4 Å². The lowest BCUT2D eigenvalue weighted by Gasteiger charge is -2.13. The van der Waals surface area contributed by atoms with E-state index in [-0.39, 0.29) is 11.4 Å². The molecule has 0 fully saturated rings. The van der Waals surface area contributed by atoms with E-state index in [2.05, 4.69) is 4.98 Å². The summed E-state index contributed by atoms with van der Waals surface area (Å²) < 4.78 is 0. The molecule has 1 aromatic heterocycles. The van der Waals surface area contributed by atoms with E-state index in [4.69, 9.17) is 5.73 Å². The Morgan fingerprint density at radius 2 is 2.23 bits per heavy atom. The van der Waals surface area contributed by atoms with Gasteiger partial charge < -0.3 is 10.8 Å². The number of hydrogen-bond acceptors (Lipinski definition) is 4. The summed E-state index contributed by atoms with van der Waals surface area (Å²) >= 11 is 1.52. The third-order valence-electron chi connectivity index (χ3n) is 1.74. The summed E-state index contributed by atoms with van der Waals surface area (Å²) in [6.45, 7) is 3.73. The minimum absolute atomic E-state index is 0.134. The SMILES string of the molecule is CC(O)C(C)Sc1cc(N)ccn1. The monoisotopic (exact) mass is 198 g/mol. The third-order valence-corrected chi connectivity index (χ3v) is 2.98. The van der Waals surface area contributed by atoms with Gasteiger partial charge in [-0.15, -0.1) is 11.8 Å². The lowest BCUT2D eigenvalue weighted by molar-refractivity contribution is 0.196. The van der Waals surface area contributed by atoms with Gasteiger partial charge in [-0.2, -0.15) is 0 Å². The van der Waals surface area contributed by atoms with E-state index >= 15 is 0 Å². The standard InChI is InChI=1S/C9H14N2OS/c1-6(12)7(2)13-9-5-8(10)3-4-11-9/h3-7,12H,1-2H3,(H2,10,11). The first-order valence-electron chi connectivity index (χ1n) is 4.16. The Morgan fingerprint density at radius 3 is 2.77 bits per heavy atom. The van der Waals surface area contributed by atoms with Gasteiger partial charge >= 0.3 is 0 Å². The Labute approximate surface area is 82.4 Å². The molecule has 0 aliphatic carbocycles. The Kier molecular flexibility index (Phi) is 3.57. The predicted octanol–water partition coefficient (Wildman–Crippen LogP) is 1.53. The highest BCUT2D eigenvalue weighted by Gasteiger charge is 2.10. The van der Waals surface area contributed by atoms with Gasteiger partial charge in [0.25, 0.3) is 0 Å². The Balaban J connectivity index is 2.64. The van der Waals surface area contributed by atoms with Gasteiger partial charge in [0.05, 0.1) is 11.1 Å². The molecule has 3 nitrogen and oxygen atoms in total. The topological polar surface area (TPSA) is 59.1 Å². The maximum atomic E-state index is 9.27. The number of nitrogens with two attached hydrogens (primary N) is 1. The van der Waals surface area contributed by atoms with Crippen LogP contribution < -0.4 is 5.73 Å². The molecule has 2 unspecified atom stereocenters. The van der Waals surface area contributed by atoms with Gasteiger partial charge in [-0.3, -0.25) is 0 Å². The van der Waals surface area contributed by atoms with Crippen molar-refractivity contribution in [2.45, 2.75) is 30.2 Å². The molecule has 13 heavy (non-hydrogen) atoms. The fraction of sp³-hybridized carbons (Fsp3) is 0.444. The molecule has 1 rings (SSSR count). The molecule has 3 N–H and O–H groups in total. The van der Waals surface area contributed by atoms with Gasteiger partial charge in [0.2, 0.25) is 0 Å². The highest BCUT2D eigenvalue weighted by molar-refractivity contribution is 7.99. The minimum atomic E-state index is -0.340. The number of hydrogen-bond donors (Lipinski definition) is 2. The molecule has 0 radical (unpaired) electrons. The fourth-order valence-corrected chi connectivity index (χ4v) is 1.68. The van der Waals surface area contributed by atoms with Crippen LogP contribution in [0.1, 0.15) is 13.8 Å². The number of aliphatic hydroxyl groups is 1. The molecule has 0 saturated carbocycles. The van der Waals surface area contributed by atoms with Crippen molar-refractivity contribution in [1.82, 2.24) is 4.98 Å². The van der Waals surface area contributed by atoms with Gasteiger partial charge in [-0.1, -0.05) is 6.92 Å². The summed E-state index contributed by atoms with van der Waals surface area (Å²) in [6, 6.07) is 3.56. The lowest BCUT2D eigenvalue weighted by Crippen LogP contribution is -2.15. The van der Waals surface area contributed by atoms with E-state index in [1.165, 1.54) is 11.8 Å². The van der Waals surface area contributed by atoms with E-state index < -0.39 is 0 Å². The van der Waals surface area contributed by atoms with Crippen molar-refractivity contribution in [3.8, 4) is 0 Å². The molecule has 72 valence electrons. The lowest BCUT2D eigenvalue weighted by atomic mass is 10.3. The van der Waals surface area contributed by atoms with Gasteiger partial charge in [-0.25, -0.2) is 4.98 Å². The van der Waals surface area contributed by atoms with Crippen molar-refractivity contribution in [1.29, 1.82) is 0 Å². The van der Waals surface area contributed by atoms with Crippen molar-refractivity contribution >= 4 is 17.4 Å². The number of thioether (sulfide) groups is 1. The maximum absolute atomic E-state index is 9.27. The first kappa shape index (κ1) is 10.3. The molecule has 0 aromatic carbocycles. The molecule has 2 atom stereocenters. The number of anilines is 1. The molecule has 0 amide bonds. The van der Waals surface area contributed by atoms with Crippen LogP contribution in [0, 0.1) is 0 Å². The van der Waals surface area contributed by atoms with Gasteiger partial charge in [0, 0.05) is 17.1 Å². The summed E-state index contributed by atoms with van der Waals surface area (Å²) in [5, 5.41) is 10.3. The number of aliphatic hydroxyl groups excluding tert-OH is 1. The normalized spacial score (nSPS) is 15.3. The summed E-state index contributed by atoms with van der Waals surface area (Å²) in [5.41, 5.74) is 6.30. The van der Waals surface area contributed by atoms with E-state index in [9.17, 15) is 5.11 Å². The smallest absolute Gasteiger partial charge is 0.0983 e. The maximum Gasteiger partial charge on any atom is 0.0983 e. The van der Waals surface area contributed by atoms with Gasteiger partial charge in [0.15, 0.2) is 0 Å². The van der Waals surface area contributed by atoms with E-state index in [1.54, 1.807) is 19.2 Å². The average molecular weight is 198 g/mol. The average Bonchev–Trinajstić information content (AvgIpc) is 2.04. The summed E-state index contributed by atoms with van der Waals surface area (Å²) in [7, 11) is 0. The van der Waals surface area contributed by atoms with Crippen LogP contribution in [0.5, 0.6) is 0 Å². The Hall–Kier alpha value is -0.740. The summed E-state index contributed by atoms with van der Waals surface area (Å²) in [6.07, 6.45) is 1.33. The molecular formula is C9H14N2OS. The second-order valence-corrected chi connectivity index (χ2v) is 4.39. The fourth-order valence-electron chi connectivity index (χ4n) is 0.778. The van der Waals surface area contributed by atoms with E-state index in [0.717, 1.165) is 5.03 Å². The van der Waals surface area contributed by atoms with Gasteiger partial charge in [0.1, 0.15) is 0 Å². The van der Waals surface area contributed by atoms with Crippen LogP contribution in [0.15, 0.2) is 23.4 Å². The first-order chi connectivity index (χ1) is 6.09. The highest BCUT2D eigenvalue weighted by Crippen LogP contribution is 2.24. The van der Waals surface area contributed by atoms with Crippen molar-refractivity contribution in [3.63, 3.8) is 0 Å². The zero-order chi connectivity index (χ0) is 9.84. The van der Waals surface area contributed by atoms with Crippen LogP contribution in [0.4, 0.5) is 5.69 Å². The molecule has 1 heterocycles. The molecule has 1 aromatic rings. The zero-order valence-corrected chi connectivity index (χ0v) is 8.58. The second-order valence-electron chi connectivity index (χ2n) is 2.99. The van der Waals surface area contributed by atoms with E-state index in [1.807, 2.05) is 13.0 Å². The van der Waals surface area contributed by atoms with Crippen LogP contribution in [0.3, 0.4) is 0 Å². The van der Waals surface area contributed by atoms with Gasteiger partial charge in [-0.05, 0) is 19.1 Å². The first-order valence-corrected chi connectivity index (χ1v) is 5.04. The third kappa shape index (κ3) is 3.24. The minimum Gasteiger partial charge on any atom is -0.399 e.